The van der Waals surface area contributed by atoms with Crippen molar-refractivity contribution in [2.75, 3.05) is 19.6 Å². The molecule has 1 amide bonds. The fourth-order valence-corrected chi connectivity index (χ4v) is 5.37. The van der Waals surface area contributed by atoms with Gasteiger partial charge in [-0.3, -0.25) is 0 Å². The molecule has 0 aromatic carbocycles. The first-order chi connectivity index (χ1) is 11.1. The largest absolute Gasteiger partial charge is 0.444 e. The Kier molecular flexibility index (Phi) is 4.26. The summed E-state index contributed by atoms with van der Waals surface area (Å²) in [7, 11) is -3.54. The van der Waals surface area contributed by atoms with Gasteiger partial charge in [0.1, 0.15) is 16.0 Å². The van der Waals surface area contributed by atoms with Crippen molar-refractivity contribution in [2.24, 2.45) is 0 Å². The van der Waals surface area contributed by atoms with Crippen LogP contribution in [0.15, 0.2) is 18.3 Å². The molecular formula is C15H20ClN3O4S. The van der Waals surface area contributed by atoms with Gasteiger partial charge in [-0.1, -0.05) is 17.7 Å². The summed E-state index contributed by atoms with van der Waals surface area (Å²) in [6, 6.07) is 2.70. The lowest BCUT2D eigenvalue weighted by Gasteiger charge is -2.35. The monoisotopic (exact) mass is 373 g/mol. The third-order valence-corrected chi connectivity index (χ3v) is 6.62. The first kappa shape index (κ1) is 17.4. The van der Waals surface area contributed by atoms with Crippen LogP contribution in [-0.2, 0) is 14.8 Å². The number of nitrogens with zero attached hydrogens (tertiary/aromatic N) is 3. The molecule has 2 fully saturated rings. The number of hydrogen-bond donors (Lipinski definition) is 0. The van der Waals surface area contributed by atoms with E-state index >= 15 is 0 Å². The highest BCUT2D eigenvalue weighted by Crippen LogP contribution is 2.41. The maximum Gasteiger partial charge on any atom is 0.410 e. The topological polar surface area (TPSA) is 79.8 Å². The van der Waals surface area contributed by atoms with Crippen LogP contribution in [0.2, 0.25) is 5.15 Å². The Morgan fingerprint density at radius 3 is 2.62 bits per heavy atom. The van der Waals surface area contributed by atoms with Crippen molar-refractivity contribution in [2.45, 2.75) is 37.7 Å². The van der Waals surface area contributed by atoms with E-state index in [1.165, 1.54) is 15.4 Å². The van der Waals surface area contributed by atoms with E-state index in [0.29, 0.717) is 17.3 Å². The second-order valence-corrected chi connectivity index (χ2v) is 9.42. The summed E-state index contributed by atoms with van der Waals surface area (Å²) in [5.41, 5.74) is -0.106. The van der Waals surface area contributed by atoms with E-state index in [1.807, 2.05) is 0 Å². The Hall–Kier alpha value is -1.38. The minimum Gasteiger partial charge on any atom is -0.444 e. The molecule has 3 atom stereocenters. The van der Waals surface area contributed by atoms with Gasteiger partial charge in [-0.2, -0.15) is 4.31 Å². The maximum atomic E-state index is 12.8. The molecule has 3 unspecified atom stereocenters. The molecule has 1 aromatic rings. The predicted octanol–water partition coefficient (Wildman–Crippen LogP) is 2.04. The summed E-state index contributed by atoms with van der Waals surface area (Å²) in [5.74, 6) is 0. The first-order valence-electron chi connectivity index (χ1n) is 7.69. The van der Waals surface area contributed by atoms with Crippen LogP contribution < -0.4 is 0 Å². The number of rotatable bonds is 1. The predicted molar refractivity (Wildman–Crippen MR) is 89.2 cm³/mol. The third-order valence-electron chi connectivity index (χ3n) is 4.12. The van der Waals surface area contributed by atoms with Gasteiger partial charge in [-0.25, -0.2) is 18.2 Å². The molecule has 0 N–H and O–H groups in total. The van der Waals surface area contributed by atoms with Gasteiger partial charge in [0.15, 0.2) is 0 Å². The Balaban J connectivity index is 1.95. The smallest absolute Gasteiger partial charge is 0.410 e. The second-order valence-electron chi connectivity index (χ2n) is 6.98. The molecular weight excluding hydrogens is 354 g/mol. The number of piperazine rings is 1. The average molecular weight is 374 g/mol. The van der Waals surface area contributed by atoms with E-state index in [1.54, 1.807) is 32.9 Å². The summed E-state index contributed by atoms with van der Waals surface area (Å²) in [4.78, 5) is 18.0. The van der Waals surface area contributed by atoms with Crippen molar-refractivity contribution in [3.8, 4) is 0 Å². The summed E-state index contributed by atoms with van der Waals surface area (Å²) in [6.07, 6.45) is 0.968. The van der Waals surface area contributed by atoms with E-state index in [4.69, 9.17) is 16.3 Å². The van der Waals surface area contributed by atoms with Gasteiger partial charge in [0.2, 0.25) is 10.0 Å². The highest BCUT2D eigenvalue weighted by atomic mass is 35.5. The van der Waals surface area contributed by atoms with E-state index in [9.17, 15) is 13.2 Å². The number of halogens is 1. The van der Waals surface area contributed by atoms with Crippen LogP contribution in [0.4, 0.5) is 4.79 Å². The molecule has 7 nitrogen and oxygen atoms in total. The zero-order chi connectivity index (χ0) is 17.7. The molecule has 3 heterocycles. The lowest BCUT2D eigenvalue weighted by atomic mass is 10.0. The fourth-order valence-electron chi connectivity index (χ4n) is 3.13. The number of pyridine rings is 1. The fraction of sp³-hybridized carbons (Fsp3) is 0.600. The minimum atomic E-state index is -3.54. The summed E-state index contributed by atoms with van der Waals surface area (Å²) in [6.45, 7) is 6.22. The molecule has 1 aromatic heterocycles. The zero-order valence-corrected chi connectivity index (χ0v) is 15.3. The molecule has 24 heavy (non-hydrogen) atoms. The molecule has 132 valence electrons. The first-order valence-corrected chi connectivity index (χ1v) is 9.58. The third kappa shape index (κ3) is 3.10. The maximum absolute atomic E-state index is 12.8. The number of carbonyl (C=O) groups excluding carboxylic acids is 1. The van der Waals surface area contributed by atoms with Crippen molar-refractivity contribution < 1.29 is 17.9 Å². The van der Waals surface area contributed by atoms with Crippen molar-refractivity contribution in [1.29, 1.82) is 0 Å². The number of ether oxygens (including phenoxy) is 1. The van der Waals surface area contributed by atoms with Gasteiger partial charge in [-0.05, 0) is 32.4 Å². The zero-order valence-electron chi connectivity index (χ0n) is 13.8. The molecule has 9 heteroatoms. The van der Waals surface area contributed by atoms with Crippen LogP contribution in [0.25, 0.3) is 0 Å². The van der Waals surface area contributed by atoms with Crippen LogP contribution in [0.1, 0.15) is 31.6 Å². The molecule has 0 radical (unpaired) electrons. The normalized spacial score (nSPS) is 28.7. The standard InChI is InChI=1S/C15H20ClN3O4S/c1-15(2,3)23-14(20)19-7-6-18-9-11(19)13(24(18,21)22)10-4-5-12(16)17-8-10/h4-5,8,11,13H,6-7,9H2,1-3H3. The van der Waals surface area contributed by atoms with Gasteiger partial charge >= 0.3 is 6.09 Å². The molecule has 0 spiro atoms. The van der Waals surface area contributed by atoms with Crippen molar-refractivity contribution >= 4 is 27.7 Å². The van der Waals surface area contributed by atoms with Crippen molar-refractivity contribution in [3.05, 3.63) is 29.0 Å². The average Bonchev–Trinajstić information content (AvgIpc) is 2.66. The van der Waals surface area contributed by atoms with Crippen LogP contribution in [0.5, 0.6) is 0 Å². The highest BCUT2D eigenvalue weighted by molar-refractivity contribution is 7.89. The van der Waals surface area contributed by atoms with Gasteiger partial charge < -0.3 is 9.64 Å². The Labute approximate surface area is 146 Å². The highest BCUT2D eigenvalue weighted by Gasteiger charge is 2.54. The molecule has 3 rings (SSSR count). The van der Waals surface area contributed by atoms with E-state index in [0.717, 1.165) is 0 Å². The Morgan fingerprint density at radius 1 is 1.33 bits per heavy atom. The summed E-state index contributed by atoms with van der Waals surface area (Å²) < 4.78 is 32.5. The number of aromatic nitrogens is 1. The second kappa shape index (κ2) is 5.86. The van der Waals surface area contributed by atoms with Crippen LogP contribution in [0.3, 0.4) is 0 Å². The van der Waals surface area contributed by atoms with Crippen LogP contribution in [-0.4, -0.2) is 60.0 Å². The Morgan fingerprint density at radius 2 is 2.04 bits per heavy atom. The molecule has 2 aliphatic heterocycles. The summed E-state index contributed by atoms with van der Waals surface area (Å²) >= 11 is 5.80. The van der Waals surface area contributed by atoms with E-state index < -0.39 is 33.0 Å². The lowest BCUT2D eigenvalue weighted by Crippen LogP contribution is -2.52. The van der Waals surface area contributed by atoms with Gasteiger partial charge in [-0.15, -0.1) is 0 Å². The number of sulfonamides is 1. The number of fused-ring (bicyclic) bond motifs is 2. The summed E-state index contributed by atoms with van der Waals surface area (Å²) in [5, 5.41) is -0.557. The van der Waals surface area contributed by atoms with Crippen molar-refractivity contribution in [3.63, 3.8) is 0 Å². The van der Waals surface area contributed by atoms with Crippen molar-refractivity contribution in [1.82, 2.24) is 14.2 Å². The van der Waals surface area contributed by atoms with Crippen LogP contribution in [0, 0.1) is 0 Å². The van der Waals surface area contributed by atoms with Gasteiger partial charge in [0.25, 0.3) is 0 Å². The molecule has 0 saturated carbocycles. The lowest BCUT2D eigenvalue weighted by molar-refractivity contribution is 0.00957. The minimum absolute atomic E-state index is 0.273. The molecule has 2 saturated heterocycles. The SMILES string of the molecule is CC(C)(C)OC(=O)N1CCN2CC1C(c1ccc(Cl)nc1)S2(=O)=O. The quantitative estimate of drug-likeness (QED) is 0.704. The molecule has 2 bridgehead atoms. The Bertz CT molecular complexity index is 745. The van der Waals surface area contributed by atoms with Gasteiger partial charge in [0, 0.05) is 25.8 Å². The van der Waals surface area contributed by atoms with Gasteiger partial charge in [0.05, 0.1) is 6.04 Å². The number of amides is 1. The molecule has 2 aliphatic rings. The van der Waals surface area contributed by atoms with Crippen LogP contribution >= 0.6 is 11.6 Å². The molecule has 0 aliphatic carbocycles. The van der Waals surface area contributed by atoms with E-state index in [2.05, 4.69) is 4.98 Å². The van der Waals surface area contributed by atoms with E-state index in [-0.39, 0.29) is 13.1 Å². The number of hydrogen-bond acceptors (Lipinski definition) is 5. The number of carbonyl (C=O) groups is 1.